The van der Waals surface area contributed by atoms with Crippen LogP contribution in [0.2, 0.25) is 0 Å². The second-order valence-corrected chi connectivity index (χ2v) is 11.3. The molecule has 0 amide bonds. The Morgan fingerprint density at radius 3 is 2.30 bits per heavy atom. The lowest BCUT2D eigenvalue weighted by Crippen LogP contribution is -2.27. The van der Waals surface area contributed by atoms with Gasteiger partial charge in [-0.05, 0) is 72.0 Å². The Kier molecular flexibility index (Phi) is 4.94. The number of nitrogens with zero attached hydrogens (tertiary/aromatic N) is 1. The number of ketones is 1. The van der Waals surface area contributed by atoms with Gasteiger partial charge in [0.05, 0.1) is 4.90 Å². The van der Waals surface area contributed by atoms with Crippen molar-refractivity contribution in [1.29, 1.82) is 0 Å². The summed E-state index contributed by atoms with van der Waals surface area (Å²) in [5.74, 6) is 0.183. The molecule has 5 rings (SSSR count). The molecule has 0 atom stereocenters. The summed E-state index contributed by atoms with van der Waals surface area (Å²) < 4.78 is 30.7. The predicted octanol–water partition coefficient (Wildman–Crippen LogP) is 5.89. The molecular weight excluding hydrogens is 432 g/mol. The second-order valence-electron chi connectivity index (χ2n) is 9.58. The standard InChI is InChI=1S/C27H26N2O3S/c1-18-14-24-25(16-27(2,3)17-26(24)30)29(18)22-11-9-21(10-12-22)28-33(31,32)23-13-8-19-6-4-5-7-20(19)15-23/h4-15,28H,16-17H2,1-3H3. The van der Waals surface area contributed by atoms with E-state index < -0.39 is 10.0 Å². The molecule has 0 bridgehead atoms. The monoisotopic (exact) mass is 458 g/mol. The average Bonchev–Trinajstić information content (AvgIpc) is 3.09. The van der Waals surface area contributed by atoms with Gasteiger partial charge in [-0.25, -0.2) is 8.42 Å². The summed E-state index contributed by atoms with van der Waals surface area (Å²) in [6.07, 6.45) is 1.37. The van der Waals surface area contributed by atoms with Gasteiger partial charge in [-0.15, -0.1) is 0 Å². The molecule has 0 radical (unpaired) electrons. The molecule has 0 saturated carbocycles. The van der Waals surface area contributed by atoms with Gasteiger partial charge in [0.25, 0.3) is 10.0 Å². The van der Waals surface area contributed by atoms with Crippen LogP contribution in [0.4, 0.5) is 5.69 Å². The van der Waals surface area contributed by atoms with Crippen molar-refractivity contribution in [2.24, 2.45) is 5.41 Å². The van der Waals surface area contributed by atoms with Crippen molar-refractivity contribution >= 4 is 32.3 Å². The van der Waals surface area contributed by atoms with E-state index >= 15 is 0 Å². The summed E-state index contributed by atoms with van der Waals surface area (Å²) in [6, 6.07) is 22.0. The van der Waals surface area contributed by atoms with Gasteiger partial charge in [-0.1, -0.05) is 44.2 Å². The number of benzene rings is 3. The van der Waals surface area contributed by atoms with Crippen molar-refractivity contribution in [3.63, 3.8) is 0 Å². The number of nitrogens with one attached hydrogen (secondary N) is 1. The van der Waals surface area contributed by atoms with Crippen LogP contribution in [0.5, 0.6) is 0 Å². The molecule has 3 aromatic carbocycles. The minimum absolute atomic E-state index is 0.0813. The van der Waals surface area contributed by atoms with Gasteiger partial charge in [0, 0.05) is 34.7 Å². The largest absolute Gasteiger partial charge is 0.317 e. The van der Waals surface area contributed by atoms with E-state index in [9.17, 15) is 13.2 Å². The van der Waals surface area contributed by atoms with Gasteiger partial charge in [-0.2, -0.15) is 0 Å². The molecule has 1 aromatic heterocycles. The fourth-order valence-electron chi connectivity index (χ4n) is 4.74. The number of hydrogen-bond acceptors (Lipinski definition) is 3. The maximum atomic E-state index is 13.0. The Morgan fingerprint density at radius 2 is 1.58 bits per heavy atom. The molecule has 0 fully saturated rings. The van der Waals surface area contributed by atoms with Crippen molar-refractivity contribution in [3.8, 4) is 5.69 Å². The van der Waals surface area contributed by atoms with Gasteiger partial charge in [0.2, 0.25) is 0 Å². The SMILES string of the molecule is Cc1cc2c(n1-c1ccc(NS(=O)(=O)c3ccc4ccccc4c3)cc1)CC(C)(C)CC2=O. The van der Waals surface area contributed by atoms with Crippen LogP contribution in [0.1, 0.15) is 42.0 Å². The van der Waals surface area contributed by atoms with Gasteiger partial charge >= 0.3 is 0 Å². The zero-order valence-electron chi connectivity index (χ0n) is 18.9. The van der Waals surface area contributed by atoms with E-state index in [1.54, 1.807) is 24.3 Å². The highest BCUT2D eigenvalue weighted by atomic mass is 32.2. The first kappa shape index (κ1) is 21.5. The number of Topliss-reactive ketones (excluding diaryl/α,β-unsaturated/α-hetero) is 1. The lowest BCUT2D eigenvalue weighted by atomic mass is 9.76. The molecule has 0 aliphatic heterocycles. The molecular formula is C27H26N2O3S. The molecule has 1 N–H and O–H groups in total. The van der Waals surface area contributed by atoms with E-state index in [4.69, 9.17) is 0 Å². The van der Waals surface area contributed by atoms with Crippen LogP contribution in [0.25, 0.3) is 16.5 Å². The third-order valence-corrected chi connectivity index (χ3v) is 7.66. The molecule has 0 unspecified atom stereocenters. The number of anilines is 1. The Labute approximate surface area is 194 Å². The van der Waals surface area contributed by atoms with Crippen LogP contribution in [0, 0.1) is 12.3 Å². The molecule has 1 heterocycles. The summed E-state index contributed by atoms with van der Waals surface area (Å²) >= 11 is 0. The van der Waals surface area contributed by atoms with Crippen LogP contribution >= 0.6 is 0 Å². The van der Waals surface area contributed by atoms with E-state index in [1.165, 1.54) is 0 Å². The van der Waals surface area contributed by atoms with E-state index in [0.717, 1.165) is 39.8 Å². The van der Waals surface area contributed by atoms with Gasteiger partial charge < -0.3 is 4.57 Å². The zero-order chi connectivity index (χ0) is 23.4. The van der Waals surface area contributed by atoms with E-state index in [1.807, 2.05) is 55.5 Å². The topological polar surface area (TPSA) is 68.2 Å². The van der Waals surface area contributed by atoms with E-state index in [-0.39, 0.29) is 16.1 Å². The molecule has 0 saturated heterocycles. The van der Waals surface area contributed by atoms with E-state index in [2.05, 4.69) is 23.1 Å². The summed E-state index contributed by atoms with van der Waals surface area (Å²) in [6.45, 7) is 6.23. The maximum absolute atomic E-state index is 13.0. The second kappa shape index (κ2) is 7.59. The van der Waals surface area contributed by atoms with Crippen molar-refractivity contribution < 1.29 is 13.2 Å². The zero-order valence-corrected chi connectivity index (χ0v) is 19.7. The van der Waals surface area contributed by atoms with Crippen molar-refractivity contribution in [3.05, 3.63) is 89.7 Å². The number of carbonyl (C=O) groups is 1. The fraction of sp³-hybridized carbons (Fsp3) is 0.222. The average molecular weight is 459 g/mol. The van der Waals surface area contributed by atoms with E-state index in [0.29, 0.717) is 12.1 Å². The molecule has 168 valence electrons. The van der Waals surface area contributed by atoms with Gasteiger partial charge in [0.15, 0.2) is 5.78 Å². The molecule has 1 aliphatic rings. The number of sulfonamides is 1. The first-order chi connectivity index (χ1) is 15.6. The molecule has 5 nitrogen and oxygen atoms in total. The highest BCUT2D eigenvalue weighted by molar-refractivity contribution is 7.92. The summed E-state index contributed by atoms with van der Waals surface area (Å²) in [7, 11) is -3.72. The first-order valence-electron chi connectivity index (χ1n) is 11.0. The molecule has 0 spiro atoms. The number of aromatic nitrogens is 1. The lowest BCUT2D eigenvalue weighted by Gasteiger charge is -2.30. The fourth-order valence-corrected chi connectivity index (χ4v) is 5.83. The van der Waals surface area contributed by atoms with Crippen LogP contribution in [-0.4, -0.2) is 18.8 Å². The minimum Gasteiger partial charge on any atom is -0.317 e. The smallest absolute Gasteiger partial charge is 0.261 e. The lowest BCUT2D eigenvalue weighted by molar-refractivity contribution is 0.0911. The van der Waals surface area contributed by atoms with Crippen molar-refractivity contribution in [2.45, 2.75) is 38.5 Å². The molecule has 33 heavy (non-hydrogen) atoms. The first-order valence-corrected chi connectivity index (χ1v) is 12.5. The Bertz CT molecular complexity index is 1500. The van der Waals surface area contributed by atoms with Crippen molar-refractivity contribution in [1.82, 2.24) is 4.57 Å². The third kappa shape index (κ3) is 3.95. The number of fused-ring (bicyclic) bond motifs is 2. The molecule has 4 aromatic rings. The number of rotatable bonds is 4. The van der Waals surface area contributed by atoms with Crippen LogP contribution in [0.15, 0.2) is 77.7 Å². The highest BCUT2D eigenvalue weighted by Gasteiger charge is 2.34. The van der Waals surface area contributed by atoms with Crippen molar-refractivity contribution in [2.75, 3.05) is 4.72 Å². The summed E-state index contributed by atoms with van der Waals surface area (Å²) in [5, 5.41) is 1.87. The third-order valence-electron chi connectivity index (χ3n) is 6.28. The quantitative estimate of drug-likeness (QED) is 0.414. The summed E-state index contributed by atoms with van der Waals surface area (Å²) in [4.78, 5) is 12.9. The minimum atomic E-state index is -3.72. The van der Waals surface area contributed by atoms with Crippen LogP contribution < -0.4 is 4.72 Å². The molecule has 1 aliphatic carbocycles. The Hall–Kier alpha value is -3.38. The number of hydrogen-bond donors (Lipinski definition) is 1. The number of carbonyl (C=O) groups excluding carboxylic acids is 1. The maximum Gasteiger partial charge on any atom is 0.261 e. The predicted molar refractivity (Wildman–Crippen MR) is 132 cm³/mol. The Balaban J connectivity index is 1.44. The Morgan fingerprint density at radius 1 is 0.879 bits per heavy atom. The van der Waals surface area contributed by atoms with Crippen LogP contribution in [-0.2, 0) is 16.4 Å². The molecule has 6 heteroatoms. The highest BCUT2D eigenvalue weighted by Crippen LogP contribution is 2.37. The van der Waals surface area contributed by atoms with Gasteiger partial charge in [-0.3, -0.25) is 9.52 Å². The normalized spacial score (nSPS) is 15.4. The van der Waals surface area contributed by atoms with Crippen LogP contribution in [0.3, 0.4) is 0 Å². The summed E-state index contributed by atoms with van der Waals surface area (Å²) in [5.41, 5.74) is 4.14. The number of aryl methyl sites for hydroxylation is 1. The van der Waals surface area contributed by atoms with Gasteiger partial charge in [0.1, 0.15) is 0 Å².